The van der Waals surface area contributed by atoms with Crippen molar-refractivity contribution in [2.24, 2.45) is 0 Å². The van der Waals surface area contributed by atoms with Gasteiger partial charge in [0.15, 0.2) is 5.65 Å². The van der Waals surface area contributed by atoms with Crippen molar-refractivity contribution >= 4 is 27.5 Å². The molecule has 3 heterocycles. The van der Waals surface area contributed by atoms with E-state index in [0.29, 0.717) is 5.95 Å². The molecule has 2 atom stereocenters. The van der Waals surface area contributed by atoms with E-state index in [1.165, 1.54) is 0 Å². The Morgan fingerprint density at radius 1 is 1.50 bits per heavy atom. The second-order valence-corrected chi connectivity index (χ2v) is 5.18. The van der Waals surface area contributed by atoms with Crippen LogP contribution in [0.5, 0.6) is 0 Å². The Balaban J connectivity index is 1.82. The Kier molecular flexibility index (Phi) is 3.19. The number of nitrogens with one attached hydrogen (secondary N) is 2. The maximum Gasteiger partial charge on any atom is 0.243 e. The van der Waals surface area contributed by atoms with E-state index >= 15 is 0 Å². The molecule has 0 radical (unpaired) electrons. The Hall–Kier alpha value is -1.18. The topological polar surface area (TPSA) is 63.5 Å². The van der Waals surface area contributed by atoms with Gasteiger partial charge >= 0.3 is 0 Å². The van der Waals surface area contributed by atoms with Crippen LogP contribution in [0.1, 0.15) is 0 Å². The summed E-state index contributed by atoms with van der Waals surface area (Å²) in [6.45, 7) is 1.71. The van der Waals surface area contributed by atoms with Gasteiger partial charge in [-0.05, 0) is 28.1 Å². The summed E-state index contributed by atoms with van der Waals surface area (Å²) in [5.41, 5.74) is 0.820. The molecule has 0 saturated carbocycles. The van der Waals surface area contributed by atoms with Gasteiger partial charge < -0.3 is 15.4 Å². The second kappa shape index (κ2) is 4.83. The minimum Gasteiger partial charge on any atom is -0.378 e. The van der Waals surface area contributed by atoms with Crippen molar-refractivity contribution in [2.45, 2.75) is 12.1 Å². The lowest BCUT2D eigenvalue weighted by atomic mass is 10.2. The van der Waals surface area contributed by atoms with E-state index in [2.05, 4.69) is 36.6 Å². The van der Waals surface area contributed by atoms with E-state index in [0.717, 1.165) is 23.2 Å². The van der Waals surface area contributed by atoms with Crippen molar-refractivity contribution in [1.29, 1.82) is 0 Å². The molecule has 96 valence electrons. The number of fused-ring (bicyclic) bond motifs is 1. The van der Waals surface area contributed by atoms with Gasteiger partial charge in [-0.25, -0.2) is 4.52 Å². The zero-order valence-corrected chi connectivity index (χ0v) is 11.5. The molecule has 18 heavy (non-hydrogen) atoms. The lowest BCUT2D eigenvalue weighted by molar-refractivity contribution is 0.111. The number of ether oxygens (including phenoxy) is 1. The monoisotopic (exact) mass is 311 g/mol. The number of anilines is 1. The van der Waals surface area contributed by atoms with Gasteiger partial charge in [-0.1, -0.05) is 0 Å². The Morgan fingerprint density at radius 2 is 2.39 bits per heavy atom. The highest BCUT2D eigenvalue weighted by atomic mass is 79.9. The highest BCUT2D eigenvalue weighted by Crippen LogP contribution is 2.14. The molecule has 0 aromatic carbocycles. The largest absolute Gasteiger partial charge is 0.378 e. The number of methoxy groups -OCH3 is 1. The number of pyridine rings is 1. The predicted molar refractivity (Wildman–Crippen MR) is 71.8 cm³/mol. The fourth-order valence-corrected chi connectivity index (χ4v) is 2.46. The number of rotatable bonds is 3. The first-order valence-electron chi connectivity index (χ1n) is 5.78. The molecule has 0 spiro atoms. The smallest absolute Gasteiger partial charge is 0.243 e. The first-order valence-corrected chi connectivity index (χ1v) is 6.57. The van der Waals surface area contributed by atoms with Crippen molar-refractivity contribution in [3.8, 4) is 0 Å². The average molecular weight is 312 g/mol. The fourth-order valence-electron chi connectivity index (χ4n) is 2.13. The molecule has 7 heteroatoms. The summed E-state index contributed by atoms with van der Waals surface area (Å²) in [5.74, 6) is 0.629. The Bertz CT molecular complexity index is 557. The number of aromatic nitrogens is 3. The third kappa shape index (κ3) is 2.21. The number of halogens is 1. The Labute approximate surface area is 113 Å². The molecule has 3 rings (SSSR count). The zero-order chi connectivity index (χ0) is 12.5. The summed E-state index contributed by atoms with van der Waals surface area (Å²) in [6.07, 6.45) is 2.04. The van der Waals surface area contributed by atoms with Crippen LogP contribution in [0.4, 0.5) is 5.95 Å². The standard InChI is InChI=1S/C11H14BrN5O/c1-18-9-5-13-4-8(9)14-11-15-10-3-2-7(12)6-17(10)16-11/h2-3,6,8-9,13H,4-5H2,1H3,(H,14,16)/t8?,9-/m0/s1. The lowest BCUT2D eigenvalue weighted by Gasteiger charge is -2.16. The molecule has 0 amide bonds. The highest BCUT2D eigenvalue weighted by molar-refractivity contribution is 9.10. The van der Waals surface area contributed by atoms with Gasteiger partial charge in [0.1, 0.15) is 0 Å². The molecular formula is C11H14BrN5O. The van der Waals surface area contributed by atoms with Crippen LogP contribution in [-0.4, -0.2) is 46.9 Å². The Morgan fingerprint density at radius 3 is 3.22 bits per heavy atom. The molecule has 0 bridgehead atoms. The van der Waals surface area contributed by atoms with Crippen LogP contribution in [0.2, 0.25) is 0 Å². The van der Waals surface area contributed by atoms with Crippen LogP contribution in [0.25, 0.3) is 5.65 Å². The van der Waals surface area contributed by atoms with Crippen molar-refractivity contribution in [3.05, 3.63) is 22.8 Å². The number of hydrogen-bond acceptors (Lipinski definition) is 5. The molecule has 6 nitrogen and oxygen atoms in total. The van der Waals surface area contributed by atoms with Crippen LogP contribution >= 0.6 is 15.9 Å². The molecule has 0 aliphatic carbocycles. The maximum absolute atomic E-state index is 5.39. The molecule has 2 aromatic rings. The van der Waals surface area contributed by atoms with E-state index in [9.17, 15) is 0 Å². The van der Waals surface area contributed by atoms with Gasteiger partial charge in [0.05, 0.1) is 12.1 Å². The molecular weight excluding hydrogens is 298 g/mol. The summed E-state index contributed by atoms with van der Waals surface area (Å²) in [4.78, 5) is 4.42. The first kappa shape index (κ1) is 11.9. The minimum absolute atomic E-state index is 0.156. The highest BCUT2D eigenvalue weighted by Gasteiger charge is 2.27. The first-order chi connectivity index (χ1) is 8.76. The van der Waals surface area contributed by atoms with Crippen molar-refractivity contribution in [1.82, 2.24) is 19.9 Å². The molecule has 1 unspecified atom stereocenters. The molecule has 1 aliphatic rings. The van der Waals surface area contributed by atoms with Crippen LogP contribution in [0.3, 0.4) is 0 Å². The van der Waals surface area contributed by atoms with Gasteiger partial charge in [-0.2, -0.15) is 4.98 Å². The van der Waals surface area contributed by atoms with E-state index in [-0.39, 0.29) is 12.1 Å². The minimum atomic E-state index is 0.156. The fraction of sp³-hybridized carbons (Fsp3) is 0.455. The molecule has 1 aliphatic heterocycles. The SMILES string of the molecule is CO[C@H]1CNCC1Nc1nc2ccc(Br)cn2n1. The average Bonchev–Trinajstić information content (AvgIpc) is 2.94. The summed E-state index contributed by atoms with van der Waals surface area (Å²) in [5, 5.41) is 11.0. The van der Waals surface area contributed by atoms with E-state index in [4.69, 9.17) is 4.74 Å². The maximum atomic E-state index is 5.39. The van der Waals surface area contributed by atoms with Gasteiger partial charge in [0.25, 0.3) is 0 Å². The predicted octanol–water partition coefficient (Wildman–Crippen LogP) is 0.890. The zero-order valence-electron chi connectivity index (χ0n) is 9.93. The van der Waals surface area contributed by atoms with E-state index in [1.54, 1.807) is 11.6 Å². The number of hydrogen-bond donors (Lipinski definition) is 2. The molecule has 2 N–H and O–H groups in total. The van der Waals surface area contributed by atoms with Crippen molar-refractivity contribution in [2.75, 3.05) is 25.5 Å². The van der Waals surface area contributed by atoms with Crippen LogP contribution in [0.15, 0.2) is 22.8 Å². The summed E-state index contributed by atoms with van der Waals surface area (Å²) >= 11 is 3.41. The van der Waals surface area contributed by atoms with E-state index in [1.807, 2.05) is 18.3 Å². The summed E-state index contributed by atoms with van der Waals surface area (Å²) in [7, 11) is 1.72. The quantitative estimate of drug-likeness (QED) is 0.881. The van der Waals surface area contributed by atoms with Crippen LogP contribution in [0, 0.1) is 0 Å². The van der Waals surface area contributed by atoms with Gasteiger partial charge in [-0.3, -0.25) is 0 Å². The molecule has 1 fully saturated rings. The molecule has 1 saturated heterocycles. The number of nitrogens with zero attached hydrogens (tertiary/aromatic N) is 3. The summed E-state index contributed by atoms with van der Waals surface area (Å²) < 4.78 is 8.12. The van der Waals surface area contributed by atoms with Crippen LogP contribution < -0.4 is 10.6 Å². The normalized spacial score (nSPS) is 23.7. The van der Waals surface area contributed by atoms with Gasteiger partial charge in [0.2, 0.25) is 5.95 Å². The van der Waals surface area contributed by atoms with Crippen molar-refractivity contribution < 1.29 is 4.74 Å². The summed E-state index contributed by atoms with van der Waals surface area (Å²) in [6, 6.07) is 4.07. The van der Waals surface area contributed by atoms with E-state index < -0.39 is 0 Å². The second-order valence-electron chi connectivity index (χ2n) is 4.27. The third-order valence-corrected chi connectivity index (χ3v) is 3.54. The van der Waals surface area contributed by atoms with Crippen molar-refractivity contribution in [3.63, 3.8) is 0 Å². The van der Waals surface area contributed by atoms with Gasteiger partial charge in [0, 0.05) is 30.9 Å². The lowest BCUT2D eigenvalue weighted by Crippen LogP contribution is -2.33. The van der Waals surface area contributed by atoms with Crippen LogP contribution in [-0.2, 0) is 4.74 Å². The van der Waals surface area contributed by atoms with Gasteiger partial charge in [-0.15, -0.1) is 5.10 Å². The molecule has 2 aromatic heterocycles. The third-order valence-electron chi connectivity index (χ3n) is 3.07.